The summed E-state index contributed by atoms with van der Waals surface area (Å²) < 4.78 is 0. The van der Waals surface area contributed by atoms with Gasteiger partial charge >= 0.3 is 0 Å². The van der Waals surface area contributed by atoms with Crippen LogP contribution in [-0.2, 0) is 17.6 Å². The number of hydrogen-bond acceptors (Lipinski definition) is 3. The number of carbonyl (C=O) groups is 2. The second kappa shape index (κ2) is 5.95. The molecular formula is C15H22N2O2S. The van der Waals surface area contributed by atoms with Crippen LogP contribution in [-0.4, -0.2) is 11.8 Å². The lowest BCUT2D eigenvalue weighted by molar-refractivity contribution is -0.129. The van der Waals surface area contributed by atoms with Crippen LogP contribution in [0.15, 0.2) is 6.07 Å². The average molecular weight is 294 g/mol. The van der Waals surface area contributed by atoms with Crippen molar-refractivity contribution in [2.75, 3.05) is 0 Å². The van der Waals surface area contributed by atoms with Crippen molar-refractivity contribution in [1.29, 1.82) is 0 Å². The molecule has 0 spiro atoms. The number of aryl methyl sites for hydroxylation is 2. The van der Waals surface area contributed by atoms with Crippen LogP contribution in [0.3, 0.4) is 0 Å². The molecule has 2 rings (SSSR count). The average Bonchev–Trinajstić information content (AvgIpc) is 2.66. The van der Waals surface area contributed by atoms with Crippen LogP contribution in [0.4, 0.5) is 0 Å². The highest BCUT2D eigenvalue weighted by atomic mass is 32.1. The van der Waals surface area contributed by atoms with Gasteiger partial charge in [0.1, 0.15) is 0 Å². The van der Waals surface area contributed by atoms with Crippen molar-refractivity contribution in [1.82, 2.24) is 10.9 Å². The van der Waals surface area contributed by atoms with E-state index in [0.717, 1.165) is 12.8 Å². The van der Waals surface area contributed by atoms with Gasteiger partial charge in [-0.2, -0.15) is 0 Å². The molecule has 0 unspecified atom stereocenters. The maximum atomic E-state index is 12.1. The molecule has 1 aliphatic rings. The van der Waals surface area contributed by atoms with Crippen molar-refractivity contribution in [3.63, 3.8) is 0 Å². The molecule has 0 saturated carbocycles. The summed E-state index contributed by atoms with van der Waals surface area (Å²) >= 11 is 1.55. The molecule has 0 bridgehead atoms. The highest BCUT2D eigenvalue weighted by Gasteiger charge is 2.22. The normalized spacial score (nSPS) is 15.2. The fourth-order valence-electron chi connectivity index (χ4n) is 2.14. The van der Waals surface area contributed by atoms with Gasteiger partial charge in [-0.3, -0.25) is 20.4 Å². The molecule has 0 aromatic carbocycles. The predicted octanol–water partition coefficient (Wildman–Crippen LogP) is 2.82. The quantitative estimate of drug-likeness (QED) is 0.618. The summed E-state index contributed by atoms with van der Waals surface area (Å²) in [4.78, 5) is 25.8. The van der Waals surface area contributed by atoms with Gasteiger partial charge in [-0.25, -0.2) is 0 Å². The van der Waals surface area contributed by atoms with E-state index >= 15 is 0 Å². The molecule has 0 radical (unpaired) electrons. The van der Waals surface area contributed by atoms with Gasteiger partial charge in [0.15, 0.2) is 0 Å². The van der Waals surface area contributed by atoms with Gasteiger partial charge < -0.3 is 0 Å². The van der Waals surface area contributed by atoms with Crippen molar-refractivity contribution in [3.05, 3.63) is 21.4 Å². The summed E-state index contributed by atoms with van der Waals surface area (Å²) in [6.07, 6.45) is 5.81. The molecule has 5 heteroatoms. The van der Waals surface area contributed by atoms with Crippen molar-refractivity contribution < 1.29 is 9.59 Å². The van der Waals surface area contributed by atoms with E-state index in [1.807, 2.05) is 26.8 Å². The molecule has 0 fully saturated rings. The topological polar surface area (TPSA) is 58.2 Å². The maximum absolute atomic E-state index is 12.1. The van der Waals surface area contributed by atoms with Crippen molar-refractivity contribution in [3.8, 4) is 0 Å². The minimum atomic E-state index is -0.514. The second-order valence-corrected chi connectivity index (χ2v) is 7.41. The standard InChI is InChI=1S/C15H22N2O2S/c1-15(2,3)14(19)17-16-13(18)12-9-10-7-5-4-6-8-11(10)20-12/h9H,4-8H2,1-3H3,(H,16,18)(H,17,19). The first-order valence-corrected chi connectivity index (χ1v) is 7.92. The number of rotatable bonds is 1. The molecular weight excluding hydrogens is 272 g/mol. The number of nitrogens with one attached hydrogen (secondary N) is 2. The Balaban J connectivity index is 1.98. The summed E-state index contributed by atoms with van der Waals surface area (Å²) in [5.74, 6) is -0.412. The number of thiophene rings is 1. The first-order valence-electron chi connectivity index (χ1n) is 7.10. The number of hydrogen-bond donors (Lipinski definition) is 2. The number of hydrazine groups is 1. The van der Waals surface area contributed by atoms with Gasteiger partial charge in [0.25, 0.3) is 5.91 Å². The Morgan fingerprint density at radius 2 is 1.80 bits per heavy atom. The zero-order valence-corrected chi connectivity index (χ0v) is 13.2. The largest absolute Gasteiger partial charge is 0.279 e. The Hall–Kier alpha value is -1.36. The lowest BCUT2D eigenvalue weighted by Crippen LogP contribution is -2.46. The SMILES string of the molecule is CC(C)(C)C(=O)NNC(=O)c1cc2c(s1)CCCCC2. The van der Waals surface area contributed by atoms with Crippen LogP contribution in [0, 0.1) is 5.41 Å². The predicted molar refractivity (Wildman–Crippen MR) is 80.6 cm³/mol. The highest BCUT2D eigenvalue weighted by molar-refractivity contribution is 7.14. The van der Waals surface area contributed by atoms with E-state index in [4.69, 9.17) is 0 Å². The molecule has 0 aliphatic heterocycles. The Bertz CT molecular complexity index is 491. The van der Waals surface area contributed by atoms with Crippen LogP contribution >= 0.6 is 11.3 Å². The molecule has 2 amide bonds. The Labute approximate surface area is 123 Å². The molecule has 1 aromatic heterocycles. The smallest absolute Gasteiger partial charge is 0.273 e. The Kier molecular flexibility index (Phi) is 4.48. The van der Waals surface area contributed by atoms with Crippen LogP contribution in [0.2, 0.25) is 0 Å². The van der Waals surface area contributed by atoms with Gasteiger partial charge in [0.05, 0.1) is 4.88 Å². The third kappa shape index (κ3) is 3.60. The van der Waals surface area contributed by atoms with Gasteiger partial charge in [-0.1, -0.05) is 27.2 Å². The number of fused-ring (bicyclic) bond motifs is 1. The molecule has 4 nitrogen and oxygen atoms in total. The minimum absolute atomic E-state index is 0.191. The molecule has 0 atom stereocenters. The molecule has 1 aliphatic carbocycles. The Morgan fingerprint density at radius 1 is 1.10 bits per heavy atom. The maximum Gasteiger partial charge on any atom is 0.279 e. The fourth-order valence-corrected chi connectivity index (χ4v) is 3.29. The fraction of sp³-hybridized carbons (Fsp3) is 0.600. The van der Waals surface area contributed by atoms with Crippen LogP contribution in [0.5, 0.6) is 0 Å². The van der Waals surface area contributed by atoms with Crippen molar-refractivity contribution in [2.24, 2.45) is 5.41 Å². The van der Waals surface area contributed by atoms with Crippen molar-refractivity contribution in [2.45, 2.75) is 52.9 Å². The minimum Gasteiger partial charge on any atom is -0.273 e. The third-order valence-corrected chi connectivity index (χ3v) is 4.68. The first kappa shape index (κ1) is 15.0. The zero-order chi connectivity index (χ0) is 14.8. The van der Waals surface area contributed by atoms with E-state index in [2.05, 4.69) is 10.9 Å². The number of amides is 2. The van der Waals surface area contributed by atoms with E-state index in [1.54, 1.807) is 11.3 Å². The summed E-state index contributed by atoms with van der Waals surface area (Å²) in [7, 11) is 0. The van der Waals surface area contributed by atoms with E-state index in [1.165, 1.54) is 29.7 Å². The molecule has 20 heavy (non-hydrogen) atoms. The van der Waals surface area contributed by atoms with Crippen LogP contribution < -0.4 is 10.9 Å². The van der Waals surface area contributed by atoms with Gasteiger partial charge in [0, 0.05) is 10.3 Å². The Morgan fingerprint density at radius 3 is 2.50 bits per heavy atom. The highest BCUT2D eigenvalue weighted by Crippen LogP contribution is 2.28. The van der Waals surface area contributed by atoms with E-state index in [0.29, 0.717) is 4.88 Å². The van der Waals surface area contributed by atoms with E-state index in [-0.39, 0.29) is 11.8 Å². The van der Waals surface area contributed by atoms with Gasteiger partial charge in [0.2, 0.25) is 5.91 Å². The summed E-state index contributed by atoms with van der Waals surface area (Å²) in [5.41, 5.74) is 5.78. The first-order chi connectivity index (χ1) is 9.38. The lowest BCUT2D eigenvalue weighted by atomic mass is 9.96. The van der Waals surface area contributed by atoms with E-state index in [9.17, 15) is 9.59 Å². The molecule has 1 aromatic rings. The summed E-state index contributed by atoms with van der Waals surface area (Å²) in [5, 5.41) is 0. The summed E-state index contributed by atoms with van der Waals surface area (Å²) in [6, 6.07) is 1.98. The van der Waals surface area contributed by atoms with Gasteiger partial charge in [-0.15, -0.1) is 11.3 Å². The van der Waals surface area contributed by atoms with Crippen LogP contribution in [0.25, 0.3) is 0 Å². The molecule has 1 heterocycles. The number of carbonyl (C=O) groups excluding carboxylic acids is 2. The van der Waals surface area contributed by atoms with Crippen molar-refractivity contribution >= 4 is 23.2 Å². The second-order valence-electron chi connectivity index (χ2n) is 6.28. The third-order valence-electron chi connectivity index (χ3n) is 3.44. The summed E-state index contributed by atoms with van der Waals surface area (Å²) in [6.45, 7) is 5.42. The lowest BCUT2D eigenvalue weighted by Gasteiger charge is -2.17. The van der Waals surface area contributed by atoms with Crippen LogP contribution in [0.1, 0.15) is 60.1 Å². The molecule has 2 N–H and O–H groups in total. The monoisotopic (exact) mass is 294 g/mol. The zero-order valence-electron chi connectivity index (χ0n) is 12.3. The molecule has 110 valence electrons. The van der Waals surface area contributed by atoms with Gasteiger partial charge in [-0.05, 0) is 37.3 Å². The molecule has 0 saturated heterocycles. The van der Waals surface area contributed by atoms with E-state index < -0.39 is 5.41 Å².